The standard InChI is InChI=1S/C24H38N4O2/c1-20-9-5-6-10-21(20)19-27-15-8-16-28(18-17-27)23(29)13-7-14-25-24(30)26-22-11-3-2-4-12-22/h5-6,9-10,22H,2-4,7-8,11-19H2,1H3,(H2,25,26,30). The second-order valence-corrected chi connectivity index (χ2v) is 8.78. The molecule has 1 aromatic rings. The summed E-state index contributed by atoms with van der Waals surface area (Å²) < 4.78 is 0. The predicted octanol–water partition coefficient (Wildman–Crippen LogP) is 3.44. The number of rotatable bonds is 7. The van der Waals surface area contributed by atoms with E-state index in [0.29, 0.717) is 25.4 Å². The van der Waals surface area contributed by atoms with Crippen LogP contribution in [0.4, 0.5) is 4.79 Å². The zero-order valence-corrected chi connectivity index (χ0v) is 18.5. The van der Waals surface area contributed by atoms with Crippen molar-refractivity contribution in [3.63, 3.8) is 0 Å². The van der Waals surface area contributed by atoms with Crippen molar-refractivity contribution in [2.75, 3.05) is 32.7 Å². The summed E-state index contributed by atoms with van der Waals surface area (Å²) in [4.78, 5) is 29.1. The van der Waals surface area contributed by atoms with Gasteiger partial charge < -0.3 is 15.5 Å². The molecule has 0 atom stereocenters. The molecular weight excluding hydrogens is 376 g/mol. The van der Waals surface area contributed by atoms with Crippen molar-refractivity contribution in [1.29, 1.82) is 0 Å². The van der Waals surface area contributed by atoms with E-state index in [1.165, 1.54) is 30.4 Å². The molecule has 1 saturated carbocycles. The lowest BCUT2D eigenvalue weighted by atomic mass is 9.96. The third kappa shape index (κ3) is 7.31. The number of nitrogens with zero attached hydrogens (tertiary/aromatic N) is 2. The summed E-state index contributed by atoms with van der Waals surface area (Å²) in [5.41, 5.74) is 2.70. The lowest BCUT2D eigenvalue weighted by Crippen LogP contribution is -2.43. The number of benzene rings is 1. The number of amides is 3. The average Bonchev–Trinajstić information content (AvgIpc) is 2.99. The van der Waals surface area contributed by atoms with E-state index in [-0.39, 0.29) is 11.9 Å². The minimum Gasteiger partial charge on any atom is -0.341 e. The van der Waals surface area contributed by atoms with Crippen molar-refractivity contribution in [2.45, 2.75) is 70.9 Å². The van der Waals surface area contributed by atoms with Crippen LogP contribution in [0.5, 0.6) is 0 Å². The maximum Gasteiger partial charge on any atom is 0.315 e. The van der Waals surface area contributed by atoms with Crippen LogP contribution in [0.3, 0.4) is 0 Å². The lowest BCUT2D eigenvalue weighted by Gasteiger charge is -2.23. The van der Waals surface area contributed by atoms with E-state index in [1.54, 1.807) is 0 Å². The van der Waals surface area contributed by atoms with Crippen LogP contribution in [0.1, 0.15) is 62.5 Å². The Kier molecular flexibility index (Phi) is 9.00. The number of hydrogen-bond acceptors (Lipinski definition) is 3. The second kappa shape index (κ2) is 11.9. The second-order valence-electron chi connectivity index (χ2n) is 8.78. The molecule has 0 spiro atoms. The van der Waals surface area contributed by atoms with Crippen LogP contribution in [-0.4, -0.2) is 60.5 Å². The van der Waals surface area contributed by atoms with Crippen molar-refractivity contribution in [3.8, 4) is 0 Å². The summed E-state index contributed by atoms with van der Waals surface area (Å²) in [6.07, 6.45) is 8.07. The Morgan fingerprint density at radius 2 is 1.80 bits per heavy atom. The summed E-state index contributed by atoms with van der Waals surface area (Å²) in [5, 5.41) is 5.97. The number of nitrogens with one attached hydrogen (secondary N) is 2. The SMILES string of the molecule is Cc1ccccc1CN1CCCN(C(=O)CCCNC(=O)NC2CCCCC2)CC1. The number of aryl methyl sites for hydroxylation is 1. The van der Waals surface area contributed by atoms with E-state index >= 15 is 0 Å². The van der Waals surface area contributed by atoms with Crippen LogP contribution in [0.2, 0.25) is 0 Å². The Morgan fingerprint density at radius 3 is 2.60 bits per heavy atom. The van der Waals surface area contributed by atoms with Crippen LogP contribution < -0.4 is 10.6 Å². The highest BCUT2D eigenvalue weighted by Crippen LogP contribution is 2.17. The molecule has 6 heteroatoms. The van der Waals surface area contributed by atoms with Gasteiger partial charge in [0.05, 0.1) is 0 Å². The molecule has 0 aromatic heterocycles. The quantitative estimate of drug-likeness (QED) is 0.672. The zero-order valence-electron chi connectivity index (χ0n) is 18.5. The number of carbonyl (C=O) groups excluding carboxylic acids is 2. The number of urea groups is 1. The van der Waals surface area contributed by atoms with Gasteiger partial charge in [-0.3, -0.25) is 9.69 Å². The summed E-state index contributed by atoms with van der Waals surface area (Å²) >= 11 is 0. The van der Waals surface area contributed by atoms with Crippen LogP contribution in [0.25, 0.3) is 0 Å². The molecule has 1 heterocycles. The molecule has 2 N–H and O–H groups in total. The molecule has 2 fully saturated rings. The van der Waals surface area contributed by atoms with Gasteiger partial charge in [-0.25, -0.2) is 4.79 Å². The van der Waals surface area contributed by atoms with Gasteiger partial charge >= 0.3 is 6.03 Å². The Balaban J connectivity index is 1.31. The highest BCUT2D eigenvalue weighted by atomic mass is 16.2. The first-order valence-electron chi connectivity index (χ1n) is 11.7. The summed E-state index contributed by atoms with van der Waals surface area (Å²) in [6.45, 7) is 7.24. The monoisotopic (exact) mass is 414 g/mol. The fourth-order valence-corrected chi connectivity index (χ4v) is 4.49. The van der Waals surface area contributed by atoms with Gasteiger partial charge in [0.25, 0.3) is 0 Å². The molecule has 6 nitrogen and oxygen atoms in total. The van der Waals surface area contributed by atoms with Crippen LogP contribution in [0, 0.1) is 6.92 Å². The topological polar surface area (TPSA) is 64.7 Å². The highest BCUT2D eigenvalue weighted by molar-refractivity contribution is 5.76. The largest absolute Gasteiger partial charge is 0.341 e. The predicted molar refractivity (Wildman–Crippen MR) is 120 cm³/mol. The maximum atomic E-state index is 12.6. The zero-order chi connectivity index (χ0) is 21.2. The number of carbonyl (C=O) groups is 2. The summed E-state index contributed by atoms with van der Waals surface area (Å²) in [6, 6.07) is 8.76. The van der Waals surface area contributed by atoms with Crippen LogP contribution >= 0.6 is 0 Å². The first kappa shape index (κ1) is 22.6. The molecule has 30 heavy (non-hydrogen) atoms. The lowest BCUT2D eigenvalue weighted by molar-refractivity contribution is -0.131. The van der Waals surface area contributed by atoms with Crippen molar-refractivity contribution in [3.05, 3.63) is 35.4 Å². The fraction of sp³-hybridized carbons (Fsp3) is 0.667. The normalized spacial score (nSPS) is 18.6. The highest BCUT2D eigenvalue weighted by Gasteiger charge is 2.19. The third-order valence-electron chi connectivity index (χ3n) is 6.39. The molecule has 3 rings (SSSR count). The molecule has 1 aromatic carbocycles. The van der Waals surface area contributed by atoms with E-state index in [9.17, 15) is 9.59 Å². The Morgan fingerprint density at radius 1 is 1.00 bits per heavy atom. The summed E-state index contributed by atoms with van der Waals surface area (Å²) in [5.74, 6) is 0.210. The first-order valence-corrected chi connectivity index (χ1v) is 11.7. The molecule has 1 saturated heterocycles. The van der Waals surface area contributed by atoms with Gasteiger partial charge in [-0.05, 0) is 43.7 Å². The first-order chi connectivity index (χ1) is 14.6. The molecule has 0 radical (unpaired) electrons. The molecule has 0 unspecified atom stereocenters. The van der Waals surface area contributed by atoms with Crippen molar-refractivity contribution >= 4 is 11.9 Å². The fourth-order valence-electron chi connectivity index (χ4n) is 4.49. The summed E-state index contributed by atoms with van der Waals surface area (Å²) in [7, 11) is 0. The van der Waals surface area contributed by atoms with E-state index < -0.39 is 0 Å². The van der Waals surface area contributed by atoms with Crippen LogP contribution in [-0.2, 0) is 11.3 Å². The van der Waals surface area contributed by atoms with Crippen molar-refractivity contribution in [2.24, 2.45) is 0 Å². The molecule has 1 aliphatic heterocycles. The molecule has 0 bridgehead atoms. The van der Waals surface area contributed by atoms with E-state index in [2.05, 4.69) is 46.7 Å². The van der Waals surface area contributed by atoms with E-state index in [1.807, 2.05) is 4.90 Å². The van der Waals surface area contributed by atoms with Crippen molar-refractivity contribution < 1.29 is 9.59 Å². The molecular formula is C24H38N4O2. The Labute approximate surface area is 181 Å². The van der Waals surface area contributed by atoms with Gasteiger partial charge in [-0.1, -0.05) is 43.5 Å². The van der Waals surface area contributed by atoms with Gasteiger partial charge in [0.2, 0.25) is 5.91 Å². The number of hydrogen-bond donors (Lipinski definition) is 2. The van der Waals surface area contributed by atoms with Gasteiger partial charge in [-0.15, -0.1) is 0 Å². The Hall–Kier alpha value is -2.08. The minimum atomic E-state index is -0.0871. The van der Waals surface area contributed by atoms with E-state index in [0.717, 1.165) is 52.0 Å². The average molecular weight is 415 g/mol. The van der Waals surface area contributed by atoms with Crippen molar-refractivity contribution in [1.82, 2.24) is 20.4 Å². The van der Waals surface area contributed by atoms with Gasteiger partial charge in [0, 0.05) is 51.7 Å². The van der Waals surface area contributed by atoms with Gasteiger partial charge in [0.15, 0.2) is 0 Å². The maximum absolute atomic E-state index is 12.6. The van der Waals surface area contributed by atoms with Gasteiger partial charge in [-0.2, -0.15) is 0 Å². The van der Waals surface area contributed by atoms with Crippen LogP contribution in [0.15, 0.2) is 24.3 Å². The Bertz CT molecular complexity index is 688. The molecule has 166 valence electrons. The third-order valence-corrected chi connectivity index (χ3v) is 6.39. The molecule has 1 aliphatic carbocycles. The smallest absolute Gasteiger partial charge is 0.315 e. The van der Waals surface area contributed by atoms with Gasteiger partial charge in [0.1, 0.15) is 0 Å². The molecule has 2 aliphatic rings. The van der Waals surface area contributed by atoms with E-state index in [4.69, 9.17) is 0 Å². The molecule has 3 amide bonds. The minimum absolute atomic E-state index is 0.0871.